The second kappa shape index (κ2) is 11.5. The van der Waals surface area contributed by atoms with Crippen molar-refractivity contribution in [3.63, 3.8) is 0 Å². The molecule has 2 saturated heterocycles. The van der Waals surface area contributed by atoms with E-state index < -0.39 is 23.5 Å². The summed E-state index contributed by atoms with van der Waals surface area (Å²) in [5.74, 6) is -1.20. The van der Waals surface area contributed by atoms with E-state index in [1.54, 1.807) is 35.9 Å². The van der Waals surface area contributed by atoms with Crippen LogP contribution >= 0.6 is 0 Å². The number of benzene rings is 1. The number of carbonyl (C=O) groups is 4. The van der Waals surface area contributed by atoms with Gasteiger partial charge in [-0.25, -0.2) is 0 Å². The predicted molar refractivity (Wildman–Crippen MR) is 155 cm³/mol. The van der Waals surface area contributed by atoms with Gasteiger partial charge in [0.2, 0.25) is 23.6 Å². The molecule has 0 unspecified atom stereocenters. The molecule has 1 saturated carbocycles. The summed E-state index contributed by atoms with van der Waals surface area (Å²) >= 11 is 0. The first-order valence-corrected chi connectivity index (χ1v) is 14.6. The van der Waals surface area contributed by atoms with Gasteiger partial charge in [0.05, 0.1) is 31.2 Å². The van der Waals surface area contributed by atoms with Crippen molar-refractivity contribution >= 4 is 23.6 Å². The Morgan fingerprint density at radius 2 is 1.71 bits per heavy atom. The van der Waals surface area contributed by atoms with Gasteiger partial charge in [-0.2, -0.15) is 5.10 Å². The zero-order chi connectivity index (χ0) is 30.2. The van der Waals surface area contributed by atoms with E-state index in [4.69, 9.17) is 4.74 Å². The summed E-state index contributed by atoms with van der Waals surface area (Å²) in [6.07, 6.45) is 3.91. The smallest absolute Gasteiger partial charge is 0.245 e. The lowest BCUT2D eigenvalue weighted by Gasteiger charge is -2.50. The summed E-state index contributed by atoms with van der Waals surface area (Å²) in [7, 11) is 3.32. The SMILES string of the molecule is CNC(=O)[C@@H](NC(=O)[C@@H]1CN(C(=O)Cc2cnn(C)c2)CC12CN(C(=O)[C@H]1CC1(C)C)C2)[C@@H](C)OCc1ccccc1. The van der Waals surface area contributed by atoms with E-state index in [1.807, 2.05) is 35.2 Å². The van der Waals surface area contributed by atoms with Gasteiger partial charge in [0.1, 0.15) is 6.04 Å². The Hall–Kier alpha value is -3.73. The summed E-state index contributed by atoms with van der Waals surface area (Å²) < 4.78 is 7.65. The number of hydrogen-bond donors (Lipinski definition) is 2. The number of amides is 4. The van der Waals surface area contributed by atoms with Gasteiger partial charge in [0.15, 0.2) is 0 Å². The molecule has 1 aliphatic carbocycles. The molecule has 0 bridgehead atoms. The number of hydrogen-bond acceptors (Lipinski definition) is 6. The molecule has 2 aromatic rings. The molecule has 5 rings (SSSR count). The van der Waals surface area contributed by atoms with Crippen LogP contribution < -0.4 is 10.6 Å². The monoisotopic (exact) mass is 578 g/mol. The molecule has 226 valence electrons. The summed E-state index contributed by atoms with van der Waals surface area (Å²) in [6, 6.07) is 8.70. The number of likely N-dealkylation sites (tertiary alicyclic amines) is 2. The molecule has 4 atom stereocenters. The van der Waals surface area contributed by atoms with Gasteiger partial charge in [-0.3, -0.25) is 23.9 Å². The summed E-state index contributed by atoms with van der Waals surface area (Å²) in [5, 5.41) is 9.73. The molecule has 1 aromatic carbocycles. The van der Waals surface area contributed by atoms with E-state index in [9.17, 15) is 19.2 Å². The number of rotatable bonds is 10. The molecule has 4 amide bonds. The molecule has 2 N–H and O–H groups in total. The van der Waals surface area contributed by atoms with Crippen LogP contribution in [0, 0.1) is 22.7 Å². The number of carbonyl (C=O) groups excluding carboxylic acids is 4. The molecule has 0 radical (unpaired) electrons. The third-order valence-electron chi connectivity index (χ3n) is 9.22. The van der Waals surface area contributed by atoms with Crippen molar-refractivity contribution < 1.29 is 23.9 Å². The van der Waals surface area contributed by atoms with Crippen LogP contribution in [0.4, 0.5) is 0 Å². The van der Waals surface area contributed by atoms with Gasteiger partial charge in [-0.15, -0.1) is 0 Å². The third kappa shape index (κ3) is 6.06. The Morgan fingerprint density at radius 1 is 1.05 bits per heavy atom. The molecule has 3 heterocycles. The number of aromatic nitrogens is 2. The summed E-state index contributed by atoms with van der Waals surface area (Å²) in [4.78, 5) is 56.8. The fourth-order valence-corrected chi connectivity index (χ4v) is 6.37. The molecule has 11 nitrogen and oxygen atoms in total. The molecule has 42 heavy (non-hydrogen) atoms. The van der Waals surface area contributed by atoms with E-state index in [1.165, 1.54) is 7.05 Å². The Morgan fingerprint density at radius 3 is 2.31 bits per heavy atom. The van der Waals surface area contributed by atoms with Crippen LogP contribution in [0.1, 0.15) is 38.3 Å². The van der Waals surface area contributed by atoms with Crippen LogP contribution in [0.15, 0.2) is 42.7 Å². The number of aryl methyl sites for hydroxylation is 1. The zero-order valence-electron chi connectivity index (χ0n) is 25.1. The van der Waals surface area contributed by atoms with E-state index in [0.717, 1.165) is 17.5 Å². The Bertz CT molecular complexity index is 1330. The molecule has 1 spiro atoms. The number of likely N-dealkylation sites (N-methyl/N-ethyl adjacent to an activating group) is 1. The van der Waals surface area contributed by atoms with Crippen molar-refractivity contribution in [2.24, 2.45) is 29.7 Å². The van der Waals surface area contributed by atoms with Crippen LogP contribution in [-0.4, -0.2) is 88.6 Å². The lowest BCUT2D eigenvalue weighted by atomic mass is 9.70. The highest BCUT2D eigenvalue weighted by atomic mass is 16.5. The first-order valence-electron chi connectivity index (χ1n) is 14.6. The maximum absolute atomic E-state index is 13.9. The van der Waals surface area contributed by atoms with Gasteiger partial charge in [-0.1, -0.05) is 44.2 Å². The van der Waals surface area contributed by atoms with Gasteiger partial charge in [0.25, 0.3) is 0 Å². The van der Waals surface area contributed by atoms with Crippen molar-refractivity contribution in [1.29, 1.82) is 0 Å². The van der Waals surface area contributed by atoms with Gasteiger partial charge in [-0.05, 0) is 29.9 Å². The average molecular weight is 579 g/mol. The third-order valence-corrected chi connectivity index (χ3v) is 9.22. The molecular weight excluding hydrogens is 536 g/mol. The second-order valence-corrected chi connectivity index (χ2v) is 12.9. The first-order chi connectivity index (χ1) is 19.9. The van der Waals surface area contributed by atoms with Crippen molar-refractivity contribution in [1.82, 2.24) is 30.2 Å². The molecule has 3 fully saturated rings. The lowest BCUT2D eigenvalue weighted by Crippen LogP contribution is -2.65. The highest BCUT2D eigenvalue weighted by molar-refractivity contribution is 5.91. The highest BCUT2D eigenvalue weighted by Gasteiger charge is 2.62. The van der Waals surface area contributed by atoms with Crippen molar-refractivity contribution in [2.75, 3.05) is 33.2 Å². The fourth-order valence-electron chi connectivity index (χ4n) is 6.37. The topological polar surface area (TPSA) is 126 Å². The summed E-state index contributed by atoms with van der Waals surface area (Å²) in [6.45, 7) is 7.68. The number of nitrogens with one attached hydrogen (secondary N) is 2. The Labute approximate surface area is 246 Å². The van der Waals surface area contributed by atoms with E-state index in [-0.39, 0.29) is 47.9 Å². The quantitative estimate of drug-likeness (QED) is 0.436. The predicted octanol–water partition coefficient (Wildman–Crippen LogP) is 1.13. The maximum Gasteiger partial charge on any atom is 0.245 e. The van der Waals surface area contributed by atoms with Gasteiger partial charge >= 0.3 is 0 Å². The van der Waals surface area contributed by atoms with Crippen LogP contribution in [0.3, 0.4) is 0 Å². The molecule has 2 aliphatic heterocycles. The first kappa shape index (κ1) is 29.8. The van der Waals surface area contributed by atoms with Crippen LogP contribution in [-0.2, 0) is 44.0 Å². The fraction of sp³-hybridized carbons (Fsp3) is 0.581. The lowest BCUT2D eigenvalue weighted by molar-refractivity contribution is -0.152. The van der Waals surface area contributed by atoms with Gasteiger partial charge in [0, 0.05) is 57.8 Å². The highest BCUT2D eigenvalue weighted by Crippen LogP contribution is 2.54. The van der Waals surface area contributed by atoms with Gasteiger partial charge < -0.3 is 25.2 Å². The van der Waals surface area contributed by atoms with Crippen LogP contribution in [0.25, 0.3) is 0 Å². The Kier molecular flexibility index (Phi) is 8.15. The average Bonchev–Trinajstić information content (AvgIpc) is 3.25. The summed E-state index contributed by atoms with van der Waals surface area (Å²) in [5.41, 5.74) is 1.20. The second-order valence-electron chi connectivity index (χ2n) is 12.9. The molecular formula is C31H42N6O5. The van der Waals surface area contributed by atoms with Crippen molar-refractivity contribution in [3.8, 4) is 0 Å². The molecule has 3 aliphatic rings. The van der Waals surface area contributed by atoms with Crippen molar-refractivity contribution in [3.05, 3.63) is 53.9 Å². The van der Waals surface area contributed by atoms with Crippen LogP contribution in [0.2, 0.25) is 0 Å². The standard InChI is InChI=1S/C31H42N6O5/c1-20(42-16-21-9-7-6-8-10-21)26(28(40)32-4)34-27(39)24-15-36(25(38)11-22-13-33-35(5)14-22)17-31(24)18-37(19-31)29(41)23-12-30(23,2)3/h6-10,13-14,20,23-24,26H,11-12,15-19H2,1-5H3,(H,32,40)(H,34,39)/t20-,23-,24+,26+/m1/s1. The van der Waals surface area contributed by atoms with Crippen LogP contribution in [0.5, 0.6) is 0 Å². The van der Waals surface area contributed by atoms with E-state index >= 15 is 0 Å². The van der Waals surface area contributed by atoms with E-state index in [2.05, 4.69) is 29.6 Å². The number of ether oxygens (including phenoxy) is 1. The van der Waals surface area contributed by atoms with E-state index in [0.29, 0.717) is 26.2 Å². The molecule has 11 heteroatoms. The largest absolute Gasteiger partial charge is 0.371 e. The minimum Gasteiger partial charge on any atom is -0.371 e. The Balaban J connectivity index is 1.30. The number of nitrogens with zero attached hydrogens (tertiary/aromatic N) is 4. The normalized spacial score (nSPS) is 23.2. The maximum atomic E-state index is 13.9. The zero-order valence-corrected chi connectivity index (χ0v) is 25.1. The van der Waals surface area contributed by atoms with Crippen molar-refractivity contribution in [2.45, 2.75) is 52.4 Å². The molecule has 1 aromatic heterocycles. The minimum absolute atomic E-state index is 0.00656. The minimum atomic E-state index is -0.923.